The van der Waals surface area contributed by atoms with Crippen LogP contribution in [0, 0.1) is 12.3 Å². The highest BCUT2D eigenvalue weighted by atomic mass is 79.9. The molecule has 0 radical (unpaired) electrons. The van der Waals surface area contributed by atoms with E-state index in [1.807, 2.05) is 6.92 Å². The van der Waals surface area contributed by atoms with Crippen LogP contribution in [0.2, 0.25) is 13.1 Å². The lowest BCUT2D eigenvalue weighted by Gasteiger charge is -2.36. The number of hydrogen-bond acceptors (Lipinski definition) is 1. The van der Waals surface area contributed by atoms with Gasteiger partial charge in [-0.3, -0.25) is 0 Å². The van der Waals surface area contributed by atoms with E-state index in [0.29, 0.717) is 0 Å². The van der Waals surface area contributed by atoms with Gasteiger partial charge in [0.1, 0.15) is 5.60 Å². The number of terminal acetylenes is 1. The second-order valence-corrected chi connectivity index (χ2v) is 11.4. The zero-order chi connectivity index (χ0) is 14.2. The van der Waals surface area contributed by atoms with E-state index in [-0.39, 0.29) is 0 Å². The van der Waals surface area contributed by atoms with Crippen LogP contribution in [-0.2, 0) is 4.43 Å². The molecule has 0 aliphatic carbocycles. The van der Waals surface area contributed by atoms with E-state index < -0.39 is 13.9 Å². The molecule has 1 atom stereocenters. The molecule has 0 heterocycles. The van der Waals surface area contributed by atoms with Crippen molar-refractivity contribution in [3.05, 3.63) is 12.2 Å². The van der Waals surface area contributed by atoms with Crippen LogP contribution in [0.25, 0.3) is 0 Å². The molecule has 0 spiro atoms. The van der Waals surface area contributed by atoms with Crippen LogP contribution >= 0.6 is 15.9 Å². The summed E-state index contributed by atoms with van der Waals surface area (Å²) in [5.41, 5.74) is 0.661. The molecule has 0 aromatic rings. The predicted molar refractivity (Wildman–Crippen MR) is 87.5 cm³/mol. The monoisotopic (exact) mass is 330 g/mol. The summed E-state index contributed by atoms with van der Waals surface area (Å²) in [5, 5.41) is 0. The summed E-state index contributed by atoms with van der Waals surface area (Å²) >= 11 is 3.55. The second-order valence-electron chi connectivity index (χ2n) is 5.73. The predicted octanol–water partition coefficient (Wildman–Crippen LogP) is 5.06. The molecule has 0 fully saturated rings. The number of rotatable bonds is 9. The van der Waals surface area contributed by atoms with Crippen molar-refractivity contribution in [3.8, 4) is 12.3 Å². The summed E-state index contributed by atoms with van der Waals surface area (Å²) in [4.78, 5) is 0.910. The lowest BCUT2D eigenvalue weighted by Crippen LogP contribution is -2.45. The van der Waals surface area contributed by atoms with Gasteiger partial charge in [-0.1, -0.05) is 53.8 Å². The summed E-state index contributed by atoms with van der Waals surface area (Å²) in [6.07, 6.45) is 11.0. The largest absolute Gasteiger partial charge is 0.400 e. The van der Waals surface area contributed by atoms with Gasteiger partial charge in [-0.15, -0.1) is 6.42 Å². The molecule has 0 saturated carbocycles. The van der Waals surface area contributed by atoms with E-state index in [0.717, 1.165) is 29.8 Å². The molecular formula is C15H27BrOSi. The minimum absolute atomic E-state index is 0.440. The van der Waals surface area contributed by atoms with E-state index in [1.165, 1.54) is 12.8 Å². The quantitative estimate of drug-likeness (QED) is 0.189. The van der Waals surface area contributed by atoms with Crippen molar-refractivity contribution in [2.24, 2.45) is 0 Å². The van der Waals surface area contributed by atoms with Crippen molar-refractivity contribution < 1.29 is 4.43 Å². The van der Waals surface area contributed by atoms with Gasteiger partial charge in [-0.25, -0.2) is 0 Å². The molecule has 0 unspecified atom stereocenters. The van der Waals surface area contributed by atoms with Gasteiger partial charge in [0.15, 0.2) is 8.32 Å². The van der Waals surface area contributed by atoms with Crippen LogP contribution in [0.5, 0.6) is 0 Å². The first-order valence-corrected chi connectivity index (χ1v) is 10.9. The van der Waals surface area contributed by atoms with Gasteiger partial charge in [-0.05, 0) is 32.9 Å². The first kappa shape index (κ1) is 18.0. The SMILES string of the molecule is C#C[C@](CCCCC)(CC(=C)C)O[Si](C)(C)CBr. The van der Waals surface area contributed by atoms with Crippen molar-refractivity contribution in [1.82, 2.24) is 0 Å². The van der Waals surface area contributed by atoms with E-state index in [1.54, 1.807) is 0 Å². The van der Waals surface area contributed by atoms with Crippen LogP contribution in [0.1, 0.15) is 46.0 Å². The van der Waals surface area contributed by atoms with Crippen molar-refractivity contribution >= 4 is 24.2 Å². The fraction of sp³-hybridized carbons (Fsp3) is 0.733. The smallest absolute Gasteiger partial charge is 0.199 e. The Morgan fingerprint density at radius 2 is 2.06 bits per heavy atom. The standard InChI is InChI=1S/C15H27BrOSi/c1-7-9-10-11-15(8-2,12-14(3)4)17-18(5,6)13-16/h2H,3,7,9-13H2,1,4-6H3/t15-/m0/s1. The van der Waals surface area contributed by atoms with E-state index >= 15 is 0 Å². The Morgan fingerprint density at radius 1 is 1.44 bits per heavy atom. The van der Waals surface area contributed by atoms with Crippen molar-refractivity contribution in [1.29, 1.82) is 0 Å². The summed E-state index contributed by atoms with van der Waals surface area (Å²) in [5.74, 6) is 2.93. The number of alkyl halides is 1. The number of hydrogen-bond donors (Lipinski definition) is 0. The minimum atomic E-state index is -1.73. The molecule has 0 N–H and O–H groups in total. The molecule has 0 aromatic heterocycles. The molecule has 0 bridgehead atoms. The van der Waals surface area contributed by atoms with Crippen molar-refractivity contribution in [2.75, 3.05) is 4.95 Å². The number of halogens is 1. The van der Waals surface area contributed by atoms with Crippen LogP contribution < -0.4 is 0 Å². The van der Waals surface area contributed by atoms with Crippen LogP contribution in [0.3, 0.4) is 0 Å². The van der Waals surface area contributed by atoms with Gasteiger partial charge < -0.3 is 4.43 Å². The second kappa shape index (κ2) is 8.19. The maximum atomic E-state index is 6.38. The summed E-state index contributed by atoms with van der Waals surface area (Å²) in [7, 11) is -1.73. The molecule has 3 heteroatoms. The van der Waals surface area contributed by atoms with Gasteiger partial charge in [0.05, 0.1) is 0 Å². The average Bonchev–Trinajstić information content (AvgIpc) is 2.28. The summed E-state index contributed by atoms with van der Waals surface area (Å²) in [6, 6.07) is 0. The molecule has 0 aromatic carbocycles. The van der Waals surface area contributed by atoms with Crippen LogP contribution in [0.4, 0.5) is 0 Å². The zero-order valence-corrected chi connectivity index (χ0v) is 14.9. The molecule has 0 saturated heterocycles. The first-order chi connectivity index (χ1) is 8.31. The lowest BCUT2D eigenvalue weighted by molar-refractivity contribution is 0.109. The van der Waals surface area contributed by atoms with Crippen molar-refractivity contribution in [2.45, 2.75) is 64.6 Å². The third kappa shape index (κ3) is 6.77. The fourth-order valence-electron chi connectivity index (χ4n) is 2.03. The lowest BCUT2D eigenvalue weighted by atomic mass is 9.91. The van der Waals surface area contributed by atoms with E-state index in [9.17, 15) is 0 Å². The van der Waals surface area contributed by atoms with E-state index in [2.05, 4.69) is 48.4 Å². The molecule has 0 rings (SSSR count). The molecule has 104 valence electrons. The van der Waals surface area contributed by atoms with Gasteiger partial charge in [0.2, 0.25) is 0 Å². The molecule has 1 nitrogen and oxygen atoms in total. The molecular weight excluding hydrogens is 304 g/mol. The van der Waals surface area contributed by atoms with Gasteiger partial charge in [0, 0.05) is 11.4 Å². The summed E-state index contributed by atoms with van der Waals surface area (Å²) in [6.45, 7) is 12.6. The molecule has 0 aliphatic heterocycles. The number of unbranched alkanes of at least 4 members (excludes halogenated alkanes) is 2. The zero-order valence-electron chi connectivity index (χ0n) is 12.3. The Bertz CT molecular complexity index is 306. The highest BCUT2D eigenvalue weighted by Crippen LogP contribution is 2.30. The third-order valence-corrected chi connectivity index (χ3v) is 8.47. The minimum Gasteiger partial charge on any atom is -0.400 e. The topological polar surface area (TPSA) is 9.23 Å². The fourth-order valence-corrected chi connectivity index (χ4v) is 3.72. The Labute approximate surface area is 123 Å². The maximum absolute atomic E-state index is 6.38. The van der Waals surface area contributed by atoms with E-state index in [4.69, 9.17) is 10.8 Å². The average molecular weight is 331 g/mol. The highest BCUT2D eigenvalue weighted by molar-refractivity contribution is 9.09. The maximum Gasteiger partial charge on any atom is 0.199 e. The normalized spacial score (nSPS) is 14.9. The molecule has 0 amide bonds. The Hall–Kier alpha value is -0.0431. The van der Waals surface area contributed by atoms with Gasteiger partial charge in [0.25, 0.3) is 0 Å². The van der Waals surface area contributed by atoms with Crippen LogP contribution in [0.15, 0.2) is 12.2 Å². The first-order valence-electron chi connectivity index (χ1n) is 6.69. The Morgan fingerprint density at radius 3 is 2.44 bits per heavy atom. The Kier molecular flexibility index (Phi) is 8.17. The highest BCUT2D eigenvalue weighted by Gasteiger charge is 2.35. The van der Waals surface area contributed by atoms with Crippen molar-refractivity contribution in [3.63, 3.8) is 0 Å². The Balaban J connectivity index is 4.87. The molecule has 18 heavy (non-hydrogen) atoms. The third-order valence-electron chi connectivity index (χ3n) is 2.83. The summed E-state index contributed by atoms with van der Waals surface area (Å²) < 4.78 is 6.38. The van der Waals surface area contributed by atoms with Gasteiger partial charge >= 0.3 is 0 Å². The van der Waals surface area contributed by atoms with Crippen LogP contribution in [-0.4, -0.2) is 18.9 Å². The molecule has 0 aliphatic rings. The van der Waals surface area contributed by atoms with Gasteiger partial charge in [-0.2, -0.15) is 0 Å².